The number of rotatable bonds is 37. The standard InChI is InChI=1S/C40H77NO5/c1-3-5-7-9-11-13-15-17-18-19-20-21-23-25-27-29-31-33-35-46-40(45)37(36-39(43)44)41-38(42)34-32-30-28-26-24-22-16-14-12-10-8-6-4-2/h37H,3-36H2,1-2H3,(H,41,42)(H,43,44)/t37-/m0/s1. The third-order valence-electron chi connectivity index (χ3n) is 9.25. The van der Waals surface area contributed by atoms with E-state index < -0.39 is 24.4 Å². The molecule has 0 aromatic heterocycles. The Balaban J connectivity index is 3.69. The highest BCUT2D eigenvalue weighted by Gasteiger charge is 2.25. The van der Waals surface area contributed by atoms with E-state index in [-0.39, 0.29) is 12.5 Å². The quantitative estimate of drug-likeness (QED) is 0.0515. The molecule has 0 spiro atoms. The Morgan fingerprint density at radius 2 is 0.783 bits per heavy atom. The van der Waals surface area contributed by atoms with Crippen molar-refractivity contribution in [1.29, 1.82) is 0 Å². The molecule has 0 aliphatic rings. The Bertz CT molecular complexity index is 683. The zero-order valence-corrected chi connectivity index (χ0v) is 30.7. The normalized spacial score (nSPS) is 11.9. The van der Waals surface area contributed by atoms with E-state index in [1.807, 2.05) is 0 Å². The van der Waals surface area contributed by atoms with Crippen LogP contribution in [0.3, 0.4) is 0 Å². The number of hydrogen-bond acceptors (Lipinski definition) is 4. The molecule has 0 radical (unpaired) electrons. The van der Waals surface area contributed by atoms with E-state index in [0.717, 1.165) is 38.5 Å². The Hall–Kier alpha value is -1.59. The van der Waals surface area contributed by atoms with Crippen molar-refractivity contribution in [2.75, 3.05) is 6.61 Å². The maximum atomic E-state index is 12.5. The van der Waals surface area contributed by atoms with E-state index in [1.165, 1.54) is 161 Å². The van der Waals surface area contributed by atoms with Crippen LogP contribution in [0.5, 0.6) is 0 Å². The van der Waals surface area contributed by atoms with Gasteiger partial charge in [-0.2, -0.15) is 0 Å². The Labute approximate surface area is 285 Å². The minimum absolute atomic E-state index is 0.264. The van der Waals surface area contributed by atoms with E-state index in [2.05, 4.69) is 19.2 Å². The highest BCUT2D eigenvalue weighted by Crippen LogP contribution is 2.15. The molecular weight excluding hydrogens is 574 g/mol. The number of unbranched alkanes of at least 4 members (excludes halogenated alkanes) is 29. The first-order valence-corrected chi connectivity index (χ1v) is 20.2. The van der Waals surface area contributed by atoms with Gasteiger partial charge in [-0.1, -0.05) is 200 Å². The van der Waals surface area contributed by atoms with Gasteiger partial charge in [-0.25, -0.2) is 4.79 Å². The monoisotopic (exact) mass is 652 g/mol. The molecule has 46 heavy (non-hydrogen) atoms. The van der Waals surface area contributed by atoms with Crippen LogP contribution in [0.1, 0.15) is 226 Å². The molecule has 0 aliphatic carbocycles. The number of nitrogens with one attached hydrogen (secondary N) is 1. The number of carbonyl (C=O) groups excluding carboxylic acids is 2. The molecule has 2 N–H and O–H groups in total. The number of ether oxygens (including phenoxy) is 1. The van der Waals surface area contributed by atoms with Gasteiger partial charge in [0.15, 0.2) is 0 Å². The number of amides is 1. The average Bonchev–Trinajstić information content (AvgIpc) is 3.03. The molecular formula is C40H77NO5. The van der Waals surface area contributed by atoms with Crippen molar-refractivity contribution in [2.24, 2.45) is 0 Å². The van der Waals surface area contributed by atoms with Gasteiger partial charge in [0.05, 0.1) is 13.0 Å². The Kier molecular flexibility index (Phi) is 35.0. The lowest BCUT2D eigenvalue weighted by Crippen LogP contribution is -2.43. The number of carboxylic acids is 1. The van der Waals surface area contributed by atoms with Crippen LogP contribution in [-0.2, 0) is 19.1 Å². The van der Waals surface area contributed by atoms with Crippen LogP contribution in [0, 0.1) is 0 Å². The predicted molar refractivity (Wildman–Crippen MR) is 194 cm³/mol. The van der Waals surface area contributed by atoms with Crippen LogP contribution in [-0.4, -0.2) is 35.6 Å². The van der Waals surface area contributed by atoms with E-state index in [1.54, 1.807) is 0 Å². The summed E-state index contributed by atoms with van der Waals surface area (Å²) < 4.78 is 5.34. The fourth-order valence-corrected chi connectivity index (χ4v) is 6.21. The highest BCUT2D eigenvalue weighted by atomic mass is 16.5. The fraction of sp³-hybridized carbons (Fsp3) is 0.925. The first-order valence-electron chi connectivity index (χ1n) is 20.2. The van der Waals surface area contributed by atoms with Crippen molar-refractivity contribution in [3.63, 3.8) is 0 Å². The van der Waals surface area contributed by atoms with Gasteiger partial charge in [0.2, 0.25) is 5.91 Å². The summed E-state index contributed by atoms with van der Waals surface area (Å²) in [7, 11) is 0. The summed E-state index contributed by atoms with van der Waals surface area (Å²) in [4.78, 5) is 36.1. The molecule has 1 amide bonds. The van der Waals surface area contributed by atoms with Crippen molar-refractivity contribution >= 4 is 17.8 Å². The maximum Gasteiger partial charge on any atom is 0.329 e. The summed E-state index contributed by atoms with van der Waals surface area (Å²) >= 11 is 0. The molecule has 0 aromatic carbocycles. The van der Waals surface area contributed by atoms with Gasteiger partial charge in [-0.15, -0.1) is 0 Å². The molecule has 0 rings (SSSR count). The van der Waals surface area contributed by atoms with Crippen LogP contribution in [0.15, 0.2) is 0 Å². The molecule has 0 fully saturated rings. The number of hydrogen-bond donors (Lipinski definition) is 2. The SMILES string of the molecule is CCCCCCCCCCCCCCCCCCCCOC(=O)[C@H](CC(=O)O)NC(=O)CCCCCCCCCCCCCCC. The molecule has 1 atom stereocenters. The third kappa shape index (κ3) is 33.8. The lowest BCUT2D eigenvalue weighted by Gasteiger charge is -2.16. The summed E-state index contributed by atoms with van der Waals surface area (Å²) in [5.41, 5.74) is 0. The molecule has 0 saturated heterocycles. The van der Waals surface area contributed by atoms with Crippen molar-refractivity contribution in [1.82, 2.24) is 5.32 Å². The highest BCUT2D eigenvalue weighted by molar-refractivity contribution is 5.87. The second kappa shape index (κ2) is 36.2. The summed E-state index contributed by atoms with van der Waals surface area (Å²) in [5, 5.41) is 11.8. The number of carbonyl (C=O) groups is 3. The largest absolute Gasteiger partial charge is 0.481 e. The predicted octanol–water partition coefficient (Wildman–Crippen LogP) is 12.0. The molecule has 6 nitrogen and oxygen atoms in total. The maximum absolute atomic E-state index is 12.5. The Morgan fingerprint density at radius 1 is 0.478 bits per heavy atom. The van der Waals surface area contributed by atoms with Gasteiger partial charge in [0.25, 0.3) is 0 Å². The topological polar surface area (TPSA) is 92.7 Å². The Morgan fingerprint density at radius 3 is 1.11 bits per heavy atom. The van der Waals surface area contributed by atoms with Gasteiger partial charge < -0.3 is 15.2 Å². The van der Waals surface area contributed by atoms with Crippen LogP contribution >= 0.6 is 0 Å². The summed E-state index contributed by atoms with van der Waals surface area (Å²) in [6.07, 6.45) is 39.3. The van der Waals surface area contributed by atoms with Gasteiger partial charge >= 0.3 is 11.9 Å². The zero-order valence-electron chi connectivity index (χ0n) is 30.7. The van der Waals surface area contributed by atoms with Gasteiger partial charge in [0.1, 0.15) is 6.04 Å². The molecule has 0 aromatic rings. The second-order valence-corrected chi connectivity index (χ2v) is 13.9. The summed E-state index contributed by atoms with van der Waals surface area (Å²) in [5.74, 6) is -2.01. The molecule has 6 heteroatoms. The van der Waals surface area contributed by atoms with Crippen molar-refractivity contribution in [2.45, 2.75) is 232 Å². The minimum atomic E-state index is -1.11. The molecule has 272 valence electrons. The smallest absolute Gasteiger partial charge is 0.329 e. The van der Waals surface area contributed by atoms with Crippen LogP contribution in [0.4, 0.5) is 0 Å². The van der Waals surface area contributed by atoms with E-state index >= 15 is 0 Å². The lowest BCUT2D eigenvalue weighted by atomic mass is 10.0. The third-order valence-corrected chi connectivity index (χ3v) is 9.25. The lowest BCUT2D eigenvalue weighted by molar-refractivity contribution is -0.151. The second-order valence-electron chi connectivity index (χ2n) is 13.9. The molecule has 0 bridgehead atoms. The first kappa shape index (κ1) is 44.4. The molecule has 0 saturated carbocycles. The van der Waals surface area contributed by atoms with E-state index in [9.17, 15) is 19.5 Å². The van der Waals surface area contributed by atoms with Crippen molar-refractivity contribution in [3.8, 4) is 0 Å². The molecule has 0 aliphatic heterocycles. The van der Waals surface area contributed by atoms with E-state index in [4.69, 9.17) is 4.74 Å². The number of esters is 1. The van der Waals surface area contributed by atoms with E-state index in [0.29, 0.717) is 6.42 Å². The van der Waals surface area contributed by atoms with Gasteiger partial charge in [0, 0.05) is 6.42 Å². The fourth-order valence-electron chi connectivity index (χ4n) is 6.21. The van der Waals surface area contributed by atoms with Crippen molar-refractivity contribution < 1.29 is 24.2 Å². The first-order chi connectivity index (χ1) is 22.5. The van der Waals surface area contributed by atoms with Gasteiger partial charge in [-0.05, 0) is 12.8 Å². The average molecular weight is 652 g/mol. The van der Waals surface area contributed by atoms with Crippen LogP contribution in [0.25, 0.3) is 0 Å². The minimum Gasteiger partial charge on any atom is -0.481 e. The van der Waals surface area contributed by atoms with Gasteiger partial charge in [-0.3, -0.25) is 9.59 Å². The molecule has 0 unspecified atom stereocenters. The zero-order chi connectivity index (χ0) is 33.8. The van der Waals surface area contributed by atoms with Crippen LogP contribution in [0.2, 0.25) is 0 Å². The number of aliphatic carboxylic acids is 1. The number of carboxylic acid groups (broad SMARTS) is 1. The van der Waals surface area contributed by atoms with Crippen LogP contribution < -0.4 is 5.32 Å². The van der Waals surface area contributed by atoms with Crippen molar-refractivity contribution in [3.05, 3.63) is 0 Å². The summed E-state index contributed by atoms with van der Waals surface area (Å²) in [6, 6.07) is -1.11. The summed E-state index contributed by atoms with van der Waals surface area (Å²) in [6.45, 7) is 4.81. The molecule has 0 heterocycles.